The third-order valence-electron chi connectivity index (χ3n) is 2.89. The highest BCUT2D eigenvalue weighted by molar-refractivity contribution is 7.09. The summed E-state index contributed by atoms with van der Waals surface area (Å²) in [7, 11) is 0. The number of aromatic nitrogens is 1. The molecule has 1 aromatic rings. The Kier molecular flexibility index (Phi) is 3.19. The Morgan fingerprint density at radius 2 is 2.43 bits per heavy atom. The fourth-order valence-corrected chi connectivity index (χ4v) is 2.44. The normalized spacial score (nSPS) is 20.7. The lowest BCUT2D eigenvalue weighted by molar-refractivity contribution is 0.411. The van der Waals surface area contributed by atoms with Gasteiger partial charge in [0, 0.05) is 17.6 Å². The summed E-state index contributed by atoms with van der Waals surface area (Å²) in [6, 6.07) is 1.12. The fourth-order valence-electron chi connectivity index (χ4n) is 1.65. The minimum Gasteiger partial charge on any atom is -0.305 e. The standard InChI is InChI=1S/C11H18N2S/c1-3-8(2)13-10(9-4-5-9)11-12-6-7-14-11/h6-10,13H,3-5H2,1-2H3. The summed E-state index contributed by atoms with van der Waals surface area (Å²) in [6.45, 7) is 4.48. The Balaban J connectivity index is 2.01. The van der Waals surface area contributed by atoms with Gasteiger partial charge in [-0.1, -0.05) is 6.92 Å². The van der Waals surface area contributed by atoms with E-state index in [4.69, 9.17) is 0 Å². The average Bonchev–Trinajstić information content (AvgIpc) is 2.89. The molecule has 2 nitrogen and oxygen atoms in total. The lowest BCUT2D eigenvalue weighted by Crippen LogP contribution is -2.31. The highest BCUT2D eigenvalue weighted by Gasteiger charge is 2.34. The maximum absolute atomic E-state index is 4.42. The fraction of sp³-hybridized carbons (Fsp3) is 0.727. The summed E-state index contributed by atoms with van der Waals surface area (Å²) >= 11 is 1.78. The van der Waals surface area contributed by atoms with E-state index in [9.17, 15) is 0 Å². The van der Waals surface area contributed by atoms with Gasteiger partial charge < -0.3 is 5.32 Å². The molecule has 0 radical (unpaired) electrons. The molecule has 2 unspecified atom stereocenters. The molecular formula is C11H18N2S. The first kappa shape index (κ1) is 10.1. The number of hydrogen-bond donors (Lipinski definition) is 1. The van der Waals surface area contributed by atoms with Crippen LogP contribution in [-0.4, -0.2) is 11.0 Å². The van der Waals surface area contributed by atoms with Crippen molar-refractivity contribution >= 4 is 11.3 Å². The Morgan fingerprint density at radius 1 is 1.64 bits per heavy atom. The first-order valence-corrected chi connectivity index (χ1v) is 6.34. The van der Waals surface area contributed by atoms with Crippen LogP contribution in [0.25, 0.3) is 0 Å². The van der Waals surface area contributed by atoms with Crippen LogP contribution < -0.4 is 5.32 Å². The SMILES string of the molecule is CCC(C)NC(c1nccs1)C1CC1. The Morgan fingerprint density at radius 3 is 2.93 bits per heavy atom. The molecule has 78 valence electrons. The van der Waals surface area contributed by atoms with E-state index in [0.717, 1.165) is 5.92 Å². The van der Waals surface area contributed by atoms with Gasteiger partial charge in [0.05, 0.1) is 6.04 Å². The topological polar surface area (TPSA) is 24.9 Å². The Hall–Kier alpha value is -0.410. The van der Waals surface area contributed by atoms with Crippen LogP contribution in [0.1, 0.15) is 44.2 Å². The number of rotatable bonds is 5. The van der Waals surface area contributed by atoms with Crippen LogP contribution in [0.15, 0.2) is 11.6 Å². The van der Waals surface area contributed by atoms with Crippen molar-refractivity contribution in [1.29, 1.82) is 0 Å². The summed E-state index contributed by atoms with van der Waals surface area (Å²) in [5, 5.41) is 7.02. The monoisotopic (exact) mass is 210 g/mol. The van der Waals surface area contributed by atoms with E-state index in [0.29, 0.717) is 12.1 Å². The lowest BCUT2D eigenvalue weighted by Gasteiger charge is -2.20. The predicted octanol–water partition coefficient (Wildman–Crippen LogP) is 2.98. The van der Waals surface area contributed by atoms with Crippen molar-refractivity contribution in [3.05, 3.63) is 16.6 Å². The predicted molar refractivity (Wildman–Crippen MR) is 60.5 cm³/mol. The molecule has 0 spiro atoms. The third-order valence-corrected chi connectivity index (χ3v) is 3.75. The van der Waals surface area contributed by atoms with Crippen molar-refractivity contribution < 1.29 is 0 Å². The molecule has 0 saturated heterocycles. The highest BCUT2D eigenvalue weighted by Crippen LogP contribution is 2.41. The Bertz CT molecular complexity index is 267. The zero-order chi connectivity index (χ0) is 9.97. The lowest BCUT2D eigenvalue weighted by atomic mass is 10.1. The number of nitrogens with one attached hydrogen (secondary N) is 1. The van der Waals surface area contributed by atoms with Gasteiger partial charge in [0.15, 0.2) is 0 Å². The third kappa shape index (κ3) is 2.34. The second-order valence-corrected chi connectivity index (χ2v) is 5.09. The van der Waals surface area contributed by atoms with Crippen LogP contribution in [0.5, 0.6) is 0 Å². The van der Waals surface area contributed by atoms with E-state index in [1.54, 1.807) is 11.3 Å². The van der Waals surface area contributed by atoms with Gasteiger partial charge >= 0.3 is 0 Å². The van der Waals surface area contributed by atoms with Crippen LogP contribution in [0, 0.1) is 5.92 Å². The van der Waals surface area contributed by atoms with Crippen molar-refractivity contribution in [2.45, 2.75) is 45.2 Å². The number of hydrogen-bond acceptors (Lipinski definition) is 3. The van der Waals surface area contributed by atoms with Gasteiger partial charge in [-0.2, -0.15) is 0 Å². The summed E-state index contributed by atoms with van der Waals surface area (Å²) in [5.41, 5.74) is 0. The van der Waals surface area contributed by atoms with Crippen LogP contribution in [-0.2, 0) is 0 Å². The summed E-state index contributed by atoms with van der Waals surface area (Å²) < 4.78 is 0. The molecule has 1 aromatic heterocycles. The maximum Gasteiger partial charge on any atom is 0.110 e. The van der Waals surface area contributed by atoms with Gasteiger partial charge in [-0.3, -0.25) is 0 Å². The van der Waals surface area contributed by atoms with E-state index < -0.39 is 0 Å². The molecule has 1 fully saturated rings. The van der Waals surface area contributed by atoms with Gasteiger partial charge in [-0.05, 0) is 32.1 Å². The molecule has 1 heterocycles. The molecule has 0 aromatic carbocycles. The molecule has 0 aliphatic heterocycles. The van der Waals surface area contributed by atoms with Gasteiger partial charge in [0.2, 0.25) is 0 Å². The quantitative estimate of drug-likeness (QED) is 0.808. The molecule has 1 aliphatic rings. The molecule has 0 bridgehead atoms. The van der Waals surface area contributed by atoms with Gasteiger partial charge in [-0.15, -0.1) is 11.3 Å². The minimum atomic E-state index is 0.518. The maximum atomic E-state index is 4.42. The summed E-state index contributed by atoms with van der Waals surface area (Å²) in [5.74, 6) is 0.843. The highest BCUT2D eigenvalue weighted by atomic mass is 32.1. The van der Waals surface area contributed by atoms with Gasteiger partial charge in [-0.25, -0.2) is 4.98 Å². The van der Waals surface area contributed by atoms with E-state index in [1.807, 2.05) is 6.20 Å². The minimum absolute atomic E-state index is 0.518. The Labute approximate surface area is 89.8 Å². The molecule has 1 saturated carbocycles. The van der Waals surface area contributed by atoms with Crippen LogP contribution in [0.4, 0.5) is 0 Å². The van der Waals surface area contributed by atoms with E-state index in [-0.39, 0.29) is 0 Å². The first-order valence-electron chi connectivity index (χ1n) is 5.46. The van der Waals surface area contributed by atoms with Crippen LogP contribution >= 0.6 is 11.3 Å². The molecule has 1 N–H and O–H groups in total. The van der Waals surface area contributed by atoms with Crippen LogP contribution in [0.3, 0.4) is 0 Å². The van der Waals surface area contributed by atoms with E-state index in [1.165, 1.54) is 24.3 Å². The van der Waals surface area contributed by atoms with Crippen molar-refractivity contribution in [2.75, 3.05) is 0 Å². The molecule has 3 heteroatoms. The molecule has 0 amide bonds. The zero-order valence-corrected chi connectivity index (χ0v) is 9.68. The van der Waals surface area contributed by atoms with Crippen LogP contribution in [0.2, 0.25) is 0 Å². The van der Waals surface area contributed by atoms with Crippen molar-refractivity contribution in [1.82, 2.24) is 10.3 Å². The largest absolute Gasteiger partial charge is 0.305 e. The second kappa shape index (κ2) is 4.41. The molecule has 2 rings (SSSR count). The molecule has 14 heavy (non-hydrogen) atoms. The smallest absolute Gasteiger partial charge is 0.110 e. The summed E-state index contributed by atoms with van der Waals surface area (Å²) in [6.07, 6.45) is 5.84. The first-order chi connectivity index (χ1) is 6.81. The van der Waals surface area contributed by atoms with E-state index in [2.05, 4.69) is 29.5 Å². The second-order valence-electron chi connectivity index (χ2n) is 4.16. The van der Waals surface area contributed by atoms with Gasteiger partial charge in [0.25, 0.3) is 0 Å². The van der Waals surface area contributed by atoms with Crippen molar-refractivity contribution in [2.24, 2.45) is 5.92 Å². The molecule has 1 aliphatic carbocycles. The van der Waals surface area contributed by atoms with Crippen molar-refractivity contribution in [3.8, 4) is 0 Å². The van der Waals surface area contributed by atoms with Gasteiger partial charge in [0.1, 0.15) is 5.01 Å². The zero-order valence-electron chi connectivity index (χ0n) is 8.86. The van der Waals surface area contributed by atoms with E-state index >= 15 is 0 Å². The summed E-state index contributed by atoms with van der Waals surface area (Å²) in [4.78, 5) is 4.42. The molecular weight excluding hydrogens is 192 g/mol. The molecule has 2 atom stereocenters. The number of thiazole rings is 1. The average molecular weight is 210 g/mol. The number of nitrogens with zero attached hydrogens (tertiary/aromatic N) is 1. The van der Waals surface area contributed by atoms with Crippen molar-refractivity contribution in [3.63, 3.8) is 0 Å².